The molecule has 6 heteroatoms. The van der Waals surface area contributed by atoms with Crippen LogP contribution in [0.4, 0.5) is 4.39 Å². The lowest BCUT2D eigenvalue weighted by Gasteiger charge is -2.08. The third-order valence-corrected chi connectivity index (χ3v) is 3.71. The van der Waals surface area contributed by atoms with E-state index >= 15 is 0 Å². The summed E-state index contributed by atoms with van der Waals surface area (Å²) in [7, 11) is 0. The van der Waals surface area contributed by atoms with E-state index in [-0.39, 0.29) is 11.5 Å². The lowest BCUT2D eigenvalue weighted by atomic mass is 10.1. The molecule has 0 amide bonds. The number of hydrogen-bond donors (Lipinski definition) is 1. The van der Waals surface area contributed by atoms with Crippen LogP contribution < -0.4 is 0 Å². The van der Waals surface area contributed by atoms with Gasteiger partial charge in [0.2, 0.25) is 0 Å². The van der Waals surface area contributed by atoms with Crippen molar-refractivity contribution in [3.63, 3.8) is 0 Å². The molecule has 1 N–H and O–H groups in total. The smallest absolute Gasteiger partial charge is 0.356 e. The molecule has 0 aliphatic carbocycles. The van der Waals surface area contributed by atoms with Crippen molar-refractivity contribution in [3.05, 3.63) is 70.6 Å². The minimum atomic E-state index is -1.13. The monoisotopic (exact) mass is 330 g/mol. The highest BCUT2D eigenvalue weighted by Crippen LogP contribution is 2.26. The van der Waals surface area contributed by atoms with E-state index in [1.54, 1.807) is 43.3 Å². The van der Waals surface area contributed by atoms with Crippen molar-refractivity contribution in [2.24, 2.45) is 0 Å². The van der Waals surface area contributed by atoms with Crippen LogP contribution in [-0.2, 0) is 0 Å². The van der Waals surface area contributed by atoms with Crippen molar-refractivity contribution >= 4 is 17.6 Å². The summed E-state index contributed by atoms with van der Waals surface area (Å²) in [5, 5.41) is 13.9. The number of benzene rings is 2. The normalized spacial score (nSPS) is 10.7. The van der Waals surface area contributed by atoms with Gasteiger partial charge in [-0.05, 0) is 61.0 Å². The highest BCUT2D eigenvalue weighted by Gasteiger charge is 2.16. The second-order valence-electron chi connectivity index (χ2n) is 5.07. The molecular formula is C17H12ClFN2O2. The molecule has 0 fully saturated rings. The number of rotatable bonds is 3. The van der Waals surface area contributed by atoms with Gasteiger partial charge in [-0.1, -0.05) is 11.6 Å². The topological polar surface area (TPSA) is 55.1 Å². The van der Waals surface area contributed by atoms with Crippen LogP contribution in [0.1, 0.15) is 16.1 Å². The summed E-state index contributed by atoms with van der Waals surface area (Å²) in [4.78, 5) is 11.2. The molecule has 116 valence electrons. The summed E-state index contributed by atoms with van der Waals surface area (Å²) in [5.74, 6) is -1.44. The molecule has 4 nitrogen and oxygen atoms in total. The van der Waals surface area contributed by atoms with Gasteiger partial charge < -0.3 is 5.11 Å². The number of nitrogens with zero attached hydrogens (tertiary/aromatic N) is 2. The second kappa shape index (κ2) is 5.85. The second-order valence-corrected chi connectivity index (χ2v) is 5.51. The van der Waals surface area contributed by atoms with Crippen molar-refractivity contribution in [1.29, 1.82) is 0 Å². The average molecular weight is 331 g/mol. The van der Waals surface area contributed by atoms with Crippen molar-refractivity contribution < 1.29 is 14.3 Å². The molecule has 0 saturated carbocycles. The van der Waals surface area contributed by atoms with E-state index in [0.29, 0.717) is 27.5 Å². The summed E-state index contributed by atoms with van der Waals surface area (Å²) >= 11 is 5.88. The number of aromatic carboxylic acids is 1. The van der Waals surface area contributed by atoms with E-state index in [2.05, 4.69) is 5.10 Å². The van der Waals surface area contributed by atoms with Gasteiger partial charge in [-0.15, -0.1) is 0 Å². The summed E-state index contributed by atoms with van der Waals surface area (Å²) in [6.07, 6.45) is 0. The highest BCUT2D eigenvalue weighted by molar-refractivity contribution is 6.30. The van der Waals surface area contributed by atoms with E-state index in [0.717, 1.165) is 0 Å². The van der Waals surface area contributed by atoms with Crippen LogP contribution in [0.2, 0.25) is 5.02 Å². The summed E-state index contributed by atoms with van der Waals surface area (Å²) in [6, 6.07) is 12.9. The molecule has 0 saturated heterocycles. The number of carboxylic acids is 1. The molecule has 0 atom stereocenters. The Hall–Kier alpha value is -2.66. The maximum Gasteiger partial charge on any atom is 0.356 e. The van der Waals surface area contributed by atoms with Crippen molar-refractivity contribution in [2.75, 3.05) is 0 Å². The van der Waals surface area contributed by atoms with Crippen LogP contribution in [0.3, 0.4) is 0 Å². The van der Waals surface area contributed by atoms with Gasteiger partial charge in [-0.2, -0.15) is 5.10 Å². The number of hydrogen-bond acceptors (Lipinski definition) is 2. The fraction of sp³-hybridized carbons (Fsp3) is 0.0588. The highest BCUT2D eigenvalue weighted by atomic mass is 35.5. The maximum absolute atomic E-state index is 13.5. The van der Waals surface area contributed by atoms with Gasteiger partial charge in [0.15, 0.2) is 5.69 Å². The van der Waals surface area contributed by atoms with Gasteiger partial charge in [-0.3, -0.25) is 0 Å². The zero-order valence-corrected chi connectivity index (χ0v) is 12.9. The predicted molar refractivity (Wildman–Crippen MR) is 85.7 cm³/mol. The number of aryl methyl sites for hydroxylation is 1. The molecule has 3 aromatic rings. The van der Waals surface area contributed by atoms with E-state index in [4.69, 9.17) is 11.6 Å². The van der Waals surface area contributed by atoms with Gasteiger partial charge in [-0.25, -0.2) is 13.9 Å². The summed E-state index contributed by atoms with van der Waals surface area (Å²) < 4.78 is 15.0. The molecule has 3 rings (SSSR count). The Labute approximate surface area is 136 Å². The fourth-order valence-corrected chi connectivity index (χ4v) is 2.40. The molecule has 0 unspecified atom stereocenters. The first-order valence-electron chi connectivity index (χ1n) is 6.81. The third kappa shape index (κ3) is 2.96. The van der Waals surface area contributed by atoms with E-state index in [1.165, 1.54) is 16.8 Å². The molecule has 0 radical (unpaired) electrons. The SMILES string of the molecule is Cc1cc(-c2cc(C(=O)O)nn2-c2ccc(Cl)cc2)ccc1F. The van der Waals surface area contributed by atoms with Crippen molar-refractivity contribution in [3.8, 4) is 16.9 Å². The molecule has 23 heavy (non-hydrogen) atoms. The van der Waals surface area contributed by atoms with Crippen LogP contribution >= 0.6 is 11.6 Å². The zero-order chi connectivity index (χ0) is 16.6. The number of carbonyl (C=O) groups is 1. The molecular weight excluding hydrogens is 319 g/mol. The molecule has 0 aliphatic rings. The standard InChI is InChI=1S/C17H12ClFN2O2/c1-10-8-11(2-7-14(10)19)16-9-15(17(22)23)20-21(16)13-5-3-12(18)4-6-13/h2-9H,1H3,(H,22,23). The number of aromatic nitrogens is 2. The largest absolute Gasteiger partial charge is 0.476 e. The number of halogens is 2. The lowest BCUT2D eigenvalue weighted by molar-refractivity contribution is 0.0690. The molecule has 2 aromatic carbocycles. The first kappa shape index (κ1) is 15.2. The van der Waals surface area contributed by atoms with Gasteiger partial charge in [0.25, 0.3) is 0 Å². The molecule has 1 aromatic heterocycles. The first-order chi connectivity index (χ1) is 11.0. The van der Waals surface area contributed by atoms with Crippen molar-refractivity contribution in [2.45, 2.75) is 6.92 Å². The summed E-state index contributed by atoms with van der Waals surface area (Å²) in [5.41, 5.74) is 2.30. The fourth-order valence-electron chi connectivity index (χ4n) is 2.27. The Bertz CT molecular complexity index is 888. The van der Waals surface area contributed by atoms with E-state index < -0.39 is 5.97 Å². The molecule has 0 aliphatic heterocycles. The van der Waals surface area contributed by atoms with Gasteiger partial charge in [0.1, 0.15) is 5.82 Å². The van der Waals surface area contributed by atoms with Crippen LogP contribution in [-0.4, -0.2) is 20.9 Å². The molecule has 0 spiro atoms. The molecule has 0 bridgehead atoms. The van der Waals surface area contributed by atoms with Gasteiger partial charge >= 0.3 is 5.97 Å². The van der Waals surface area contributed by atoms with Crippen LogP contribution in [0.5, 0.6) is 0 Å². The lowest BCUT2D eigenvalue weighted by Crippen LogP contribution is -2.02. The van der Waals surface area contributed by atoms with E-state index in [1.807, 2.05) is 0 Å². The van der Waals surface area contributed by atoms with Crippen molar-refractivity contribution in [1.82, 2.24) is 9.78 Å². The van der Waals surface area contributed by atoms with Crippen LogP contribution in [0.15, 0.2) is 48.5 Å². The predicted octanol–water partition coefficient (Wildman–Crippen LogP) is 4.34. The Morgan fingerprint density at radius 3 is 2.48 bits per heavy atom. The minimum absolute atomic E-state index is 0.0862. The number of carboxylic acid groups (broad SMARTS) is 1. The van der Waals surface area contributed by atoms with Gasteiger partial charge in [0, 0.05) is 10.6 Å². The third-order valence-electron chi connectivity index (χ3n) is 3.45. The Morgan fingerprint density at radius 2 is 1.87 bits per heavy atom. The Morgan fingerprint density at radius 1 is 1.17 bits per heavy atom. The molecule has 1 heterocycles. The zero-order valence-electron chi connectivity index (χ0n) is 12.1. The van der Waals surface area contributed by atoms with E-state index in [9.17, 15) is 14.3 Å². The summed E-state index contributed by atoms with van der Waals surface area (Å²) in [6.45, 7) is 1.65. The quantitative estimate of drug-likeness (QED) is 0.777. The Balaban J connectivity index is 2.20. The first-order valence-corrected chi connectivity index (χ1v) is 7.19. The van der Waals surface area contributed by atoms with Crippen LogP contribution in [0.25, 0.3) is 16.9 Å². The minimum Gasteiger partial charge on any atom is -0.476 e. The van der Waals surface area contributed by atoms with Gasteiger partial charge in [0.05, 0.1) is 11.4 Å². The maximum atomic E-state index is 13.5. The average Bonchev–Trinajstić information content (AvgIpc) is 2.96. The Kier molecular flexibility index (Phi) is 3.88. The van der Waals surface area contributed by atoms with Crippen LogP contribution in [0, 0.1) is 12.7 Å².